The number of hydrogen-bond donors (Lipinski definition) is 3. The van der Waals surface area contributed by atoms with Gasteiger partial charge in [0.25, 0.3) is 0 Å². The van der Waals surface area contributed by atoms with Crippen molar-refractivity contribution >= 4 is 18.3 Å². The van der Waals surface area contributed by atoms with E-state index in [2.05, 4.69) is 10.6 Å². The van der Waals surface area contributed by atoms with Crippen molar-refractivity contribution in [3.05, 3.63) is 35.9 Å². The molecular weight excluding hydrogens is 292 g/mol. The molecule has 118 valence electrons. The second kappa shape index (κ2) is 9.00. The van der Waals surface area contributed by atoms with Gasteiger partial charge in [-0.15, -0.1) is 12.4 Å². The summed E-state index contributed by atoms with van der Waals surface area (Å²) in [5, 5.41) is 15.3. The molecule has 1 heterocycles. The highest BCUT2D eigenvalue weighted by molar-refractivity contribution is 5.85. The van der Waals surface area contributed by atoms with Gasteiger partial charge in [0, 0.05) is 12.6 Å². The zero-order valence-electron chi connectivity index (χ0n) is 12.1. The van der Waals surface area contributed by atoms with Gasteiger partial charge in [-0.3, -0.25) is 4.79 Å². The third-order valence-corrected chi connectivity index (χ3v) is 3.29. The summed E-state index contributed by atoms with van der Waals surface area (Å²) in [4.78, 5) is 11.9. The topological polar surface area (TPSA) is 70.6 Å². The van der Waals surface area contributed by atoms with Crippen molar-refractivity contribution in [1.29, 1.82) is 0 Å². The van der Waals surface area contributed by atoms with Crippen molar-refractivity contribution in [2.45, 2.75) is 38.1 Å². The number of aliphatic hydroxyl groups excluding tert-OH is 1. The van der Waals surface area contributed by atoms with Gasteiger partial charge in [-0.25, -0.2) is 0 Å². The van der Waals surface area contributed by atoms with E-state index in [1.54, 1.807) is 0 Å². The summed E-state index contributed by atoms with van der Waals surface area (Å²) in [7, 11) is 0. The van der Waals surface area contributed by atoms with Crippen molar-refractivity contribution < 1.29 is 14.6 Å². The molecule has 0 saturated carbocycles. The standard InChI is InChI=1S/C15H22N2O3.ClH/c1-11(9-20-10-12-5-3-2-4-6-12)17-15(19)14-7-13(18)8-16-14;/h2-6,11,13-14,16,18H,7-10H2,1H3,(H,17,19);1H. The van der Waals surface area contributed by atoms with E-state index < -0.39 is 6.10 Å². The molecule has 1 saturated heterocycles. The number of aliphatic hydroxyl groups is 1. The number of β-amino-alcohol motifs (C(OH)–C–C–N with tert-alkyl or cyclic N) is 1. The fraction of sp³-hybridized carbons (Fsp3) is 0.533. The van der Waals surface area contributed by atoms with Crippen LogP contribution in [0.2, 0.25) is 0 Å². The molecule has 1 aliphatic rings. The summed E-state index contributed by atoms with van der Waals surface area (Å²) in [6, 6.07) is 9.59. The third kappa shape index (κ3) is 6.01. The predicted molar refractivity (Wildman–Crippen MR) is 83.4 cm³/mol. The summed E-state index contributed by atoms with van der Waals surface area (Å²) in [6.45, 7) is 3.41. The van der Waals surface area contributed by atoms with Crippen LogP contribution in [0.3, 0.4) is 0 Å². The molecule has 1 amide bonds. The molecule has 1 fully saturated rings. The first-order chi connectivity index (χ1) is 9.65. The number of carbonyl (C=O) groups is 1. The number of halogens is 1. The molecule has 21 heavy (non-hydrogen) atoms. The lowest BCUT2D eigenvalue weighted by atomic mass is 10.2. The Morgan fingerprint density at radius 1 is 1.48 bits per heavy atom. The second-order valence-electron chi connectivity index (χ2n) is 5.26. The largest absolute Gasteiger partial charge is 0.392 e. The quantitative estimate of drug-likeness (QED) is 0.728. The van der Waals surface area contributed by atoms with Crippen LogP contribution >= 0.6 is 12.4 Å². The maximum Gasteiger partial charge on any atom is 0.237 e. The van der Waals surface area contributed by atoms with Crippen molar-refractivity contribution in [3.8, 4) is 0 Å². The van der Waals surface area contributed by atoms with E-state index >= 15 is 0 Å². The smallest absolute Gasteiger partial charge is 0.237 e. The lowest BCUT2D eigenvalue weighted by Gasteiger charge is -2.17. The van der Waals surface area contributed by atoms with Gasteiger partial charge in [-0.1, -0.05) is 30.3 Å². The summed E-state index contributed by atoms with van der Waals surface area (Å²) >= 11 is 0. The number of benzene rings is 1. The molecule has 1 aromatic rings. The van der Waals surface area contributed by atoms with Crippen LogP contribution in [-0.2, 0) is 16.1 Å². The molecule has 0 aromatic heterocycles. The zero-order valence-corrected chi connectivity index (χ0v) is 12.9. The molecule has 0 spiro atoms. The van der Waals surface area contributed by atoms with Gasteiger partial charge in [-0.2, -0.15) is 0 Å². The number of hydrogen-bond acceptors (Lipinski definition) is 4. The van der Waals surface area contributed by atoms with Crippen LogP contribution in [0, 0.1) is 0 Å². The molecule has 0 radical (unpaired) electrons. The van der Waals surface area contributed by atoms with Crippen molar-refractivity contribution in [1.82, 2.24) is 10.6 Å². The van der Waals surface area contributed by atoms with Crippen LogP contribution in [0.4, 0.5) is 0 Å². The Hall–Kier alpha value is -1.14. The van der Waals surface area contributed by atoms with E-state index in [9.17, 15) is 9.90 Å². The van der Waals surface area contributed by atoms with E-state index in [-0.39, 0.29) is 30.4 Å². The van der Waals surface area contributed by atoms with Crippen LogP contribution < -0.4 is 10.6 Å². The summed E-state index contributed by atoms with van der Waals surface area (Å²) < 4.78 is 5.58. The summed E-state index contributed by atoms with van der Waals surface area (Å²) in [6.07, 6.45) is 0.0547. The molecule has 3 unspecified atom stereocenters. The molecule has 2 rings (SSSR count). The number of ether oxygens (including phenoxy) is 1. The van der Waals surface area contributed by atoms with Gasteiger partial charge in [0.2, 0.25) is 5.91 Å². The average Bonchev–Trinajstić information content (AvgIpc) is 2.87. The van der Waals surface area contributed by atoms with Gasteiger partial charge in [0.15, 0.2) is 0 Å². The number of rotatable bonds is 6. The Bertz CT molecular complexity index is 430. The van der Waals surface area contributed by atoms with Gasteiger partial charge < -0.3 is 20.5 Å². The minimum absolute atomic E-state index is 0. The van der Waals surface area contributed by atoms with E-state index in [1.807, 2.05) is 37.3 Å². The molecule has 0 bridgehead atoms. The minimum atomic E-state index is -0.421. The Labute approximate surface area is 131 Å². The van der Waals surface area contributed by atoms with Crippen molar-refractivity contribution in [2.24, 2.45) is 0 Å². The monoisotopic (exact) mass is 314 g/mol. The highest BCUT2D eigenvalue weighted by Crippen LogP contribution is 2.06. The Kier molecular flexibility index (Phi) is 7.67. The number of nitrogens with one attached hydrogen (secondary N) is 2. The molecule has 1 aliphatic heterocycles. The maximum atomic E-state index is 11.9. The number of amides is 1. The van der Waals surface area contributed by atoms with E-state index in [0.29, 0.717) is 26.2 Å². The first-order valence-corrected chi connectivity index (χ1v) is 6.98. The Morgan fingerprint density at radius 3 is 2.81 bits per heavy atom. The number of carbonyl (C=O) groups excluding carboxylic acids is 1. The highest BCUT2D eigenvalue weighted by atomic mass is 35.5. The fourth-order valence-electron chi connectivity index (χ4n) is 2.23. The molecule has 3 N–H and O–H groups in total. The zero-order chi connectivity index (χ0) is 14.4. The van der Waals surface area contributed by atoms with E-state index in [4.69, 9.17) is 4.74 Å². The molecule has 5 nitrogen and oxygen atoms in total. The van der Waals surface area contributed by atoms with Crippen LogP contribution in [0.5, 0.6) is 0 Å². The fourth-order valence-corrected chi connectivity index (χ4v) is 2.23. The second-order valence-corrected chi connectivity index (χ2v) is 5.26. The van der Waals surface area contributed by atoms with Gasteiger partial charge in [0.1, 0.15) is 0 Å². The van der Waals surface area contributed by atoms with Gasteiger partial charge in [0.05, 0.1) is 25.4 Å². The summed E-state index contributed by atoms with van der Waals surface area (Å²) in [5.41, 5.74) is 1.12. The SMILES string of the molecule is CC(COCc1ccccc1)NC(=O)C1CC(O)CN1.Cl. The summed E-state index contributed by atoms with van der Waals surface area (Å²) in [5.74, 6) is -0.0719. The molecule has 0 aliphatic carbocycles. The van der Waals surface area contributed by atoms with Crippen LogP contribution in [0.15, 0.2) is 30.3 Å². The normalized spacial score (nSPS) is 22.4. The molecular formula is C15H23ClN2O3. The van der Waals surface area contributed by atoms with E-state index in [0.717, 1.165) is 5.56 Å². The van der Waals surface area contributed by atoms with E-state index in [1.165, 1.54) is 0 Å². The van der Waals surface area contributed by atoms with Crippen LogP contribution in [0.1, 0.15) is 18.9 Å². The Balaban J connectivity index is 0.00000220. The maximum absolute atomic E-state index is 11.9. The Morgan fingerprint density at radius 2 is 2.19 bits per heavy atom. The minimum Gasteiger partial charge on any atom is -0.392 e. The third-order valence-electron chi connectivity index (χ3n) is 3.29. The van der Waals surface area contributed by atoms with Gasteiger partial charge >= 0.3 is 0 Å². The average molecular weight is 315 g/mol. The lowest BCUT2D eigenvalue weighted by molar-refractivity contribution is -0.124. The van der Waals surface area contributed by atoms with Crippen LogP contribution in [-0.4, -0.2) is 42.4 Å². The molecule has 6 heteroatoms. The van der Waals surface area contributed by atoms with Crippen molar-refractivity contribution in [2.75, 3.05) is 13.2 Å². The molecule has 3 atom stereocenters. The van der Waals surface area contributed by atoms with Gasteiger partial charge in [-0.05, 0) is 18.9 Å². The first kappa shape index (κ1) is 17.9. The predicted octanol–water partition coefficient (Wildman–Crippen LogP) is 0.852. The first-order valence-electron chi connectivity index (χ1n) is 6.98. The van der Waals surface area contributed by atoms with Crippen LogP contribution in [0.25, 0.3) is 0 Å². The lowest BCUT2D eigenvalue weighted by Crippen LogP contribution is -2.45. The van der Waals surface area contributed by atoms with Crippen molar-refractivity contribution in [3.63, 3.8) is 0 Å². The highest BCUT2D eigenvalue weighted by Gasteiger charge is 2.28. The molecule has 1 aromatic carbocycles.